The van der Waals surface area contributed by atoms with Gasteiger partial charge in [0, 0.05) is 25.7 Å². The lowest BCUT2D eigenvalue weighted by molar-refractivity contribution is -0.161. The van der Waals surface area contributed by atoms with Gasteiger partial charge in [-0.2, -0.15) is 0 Å². The maximum Gasteiger partial charge on any atom is 0.472 e. The van der Waals surface area contributed by atoms with Crippen molar-refractivity contribution < 1.29 is 80.2 Å². The van der Waals surface area contributed by atoms with E-state index in [1.54, 1.807) is 0 Å². The number of rotatable bonds is 67. The number of phosphoric ester groups is 2. The summed E-state index contributed by atoms with van der Waals surface area (Å²) in [6, 6.07) is 0. The van der Waals surface area contributed by atoms with E-state index in [0.29, 0.717) is 25.7 Å². The molecule has 0 saturated carbocycles. The number of carbonyl (C=O) groups is 4. The molecule has 0 spiro atoms. The van der Waals surface area contributed by atoms with Crippen LogP contribution in [0.1, 0.15) is 343 Å². The van der Waals surface area contributed by atoms with Gasteiger partial charge in [-0.15, -0.1) is 0 Å². The summed E-state index contributed by atoms with van der Waals surface area (Å²) >= 11 is 0. The molecule has 0 aromatic rings. The van der Waals surface area contributed by atoms with E-state index >= 15 is 0 Å². The molecule has 3 unspecified atom stereocenters. The lowest BCUT2D eigenvalue weighted by Crippen LogP contribution is -2.30. The smallest absolute Gasteiger partial charge is 0.462 e. The predicted molar refractivity (Wildman–Crippen MR) is 345 cm³/mol. The Morgan fingerprint density at radius 2 is 0.558 bits per heavy atom. The van der Waals surface area contributed by atoms with Crippen molar-refractivity contribution in [1.29, 1.82) is 0 Å². The summed E-state index contributed by atoms with van der Waals surface area (Å²) in [6.07, 6.45) is 45.7. The van der Waals surface area contributed by atoms with Crippen molar-refractivity contribution in [3.05, 3.63) is 0 Å². The third kappa shape index (κ3) is 59.7. The molecule has 0 fully saturated rings. The molecule has 6 atom stereocenters. The number of hydrogen-bond acceptors (Lipinski definition) is 15. The molecular formula is C67H130O17P2. The van der Waals surface area contributed by atoms with E-state index in [0.717, 1.165) is 102 Å². The molecule has 0 aliphatic rings. The molecule has 17 nitrogen and oxygen atoms in total. The lowest BCUT2D eigenvalue weighted by atomic mass is 9.99. The van der Waals surface area contributed by atoms with Gasteiger partial charge in [-0.1, -0.05) is 291 Å². The van der Waals surface area contributed by atoms with Crippen LogP contribution in [0.2, 0.25) is 0 Å². The Labute approximate surface area is 524 Å². The number of aliphatic hydroxyl groups excluding tert-OH is 1. The highest BCUT2D eigenvalue weighted by Gasteiger charge is 2.30. The van der Waals surface area contributed by atoms with E-state index in [9.17, 15) is 43.2 Å². The average Bonchev–Trinajstić information content (AvgIpc) is 3.70. The number of hydrogen-bond donors (Lipinski definition) is 3. The van der Waals surface area contributed by atoms with Crippen molar-refractivity contribution >= 4 is 39.5 Å². The Kier molecular flexibility index (Phi) is 59.2. The molecule has 19 heteroatoms. The van der Waals surface area contributed by atoms with Gasteiger partial charge >= 0.3 is 39.5 Å². The standard InChI is InChI=1S/C67H130O17P2/c1-6-10-13-16-19-22-31-36-41-46-51-65(70)78-57-63(84-67(72)53-48-43-38-33-29-27-25-24-26-28-30-34-39-44-49-60(5)9-4)59-82-86(75,76)80-55-61(68)54-79-85(73,74)81-58-62(56-77-64(69)50-45-40-35-21-18-15-12-8-3)83-66(71)52-47-42-37-32-23-20-17-14-11-7-2/h60-63,68H,6-59H2,1-5H3,(H,73,74)(H,75,76)/t60?,61-,62+,63+/m0/s1. The van der Waals surface area contributed by atoms with E-state index in [1.165, 1.54) is 161 Å². The summed E-state index contributed by atoms with van der Waals surface area (Å²) in [5.74, 6) is -1.28. The SMILES string of the molecule is CCCCCCCCCCCCC(=O)OC[C@H](COP(=O)(O)OC[C@@H](O)COP(=O)(O)OC[C@@H](COC(=O)CCCCCCCCCC)OC(=O)CCCCCCCCCCCC)OC(=O)CCCCCCCCCCCCCCCCC(C)CC. The minimum absolute atomic E-state index is 0.106. The van der Waals surface area contributed by atoms with Crippen LogP contribution in [0.4, 0.5) is 0 Å². The summed E-state index contributed by atoms with van der Waals surface area (Å²) in [4.78, 5) is 72.2. The van der Waals surface area contributed by atoms with Crippen LogP contribution in [0, 0.1) is 5.92 Å². The van der Waals surface area contributed by atoms with Gasteiger partial charge < -0.3 is 33.8 Å². The van der Waals surface area contributed by atoms with Gasteiger partial charge in [-0.05, 0) is 31.6 Å². The second kappa shape index (κ2) is 60.6. The zero-order valence-corrected chi connectivity index (χ0v) is 57.2. The second-order valence-corrected chi connectivity index (χ2v) is 27.4. The Morgan fingerprint density at radius 1 is 0.326 bits per heavy atom. The highest BCUT2D eigenvalue weighted by atomic mass is 31.2. The number of esters is 4. The number of unbranched alkanes of at least 4 members (excludes halogenated alkanes) is 38. The van der Waals surface area contributed by atoms with Crippen molar-refractivity contribution in [2.24, 2.45) is 5.92 Å². The fourth-order valence-corrected chi connectivity index (χ4v) is 11.7. The molecule has 0 aromatic carbocycles. The molecule has 0 rings (SSSR count). The summed E-state index contributed by atoms with van der Waals surface area (Å²) in [7, 11) is -9.89. The van der Waals surface area contributed by atoms with Crippen molar-refractivity contribution in [2.45, 2.75) is 361 Å². The van der Waals surface area contributed by atoms with Gasteiger partial charge in [0.15, 0.2) is 12.2 Å². The minimum atomic E-state index is -4.95. The van der Waals surface area contributed by atoms with Crippen molar-refractivity contribution in [1.82, 2.24) is 0 Å². The van der Waals surface area contributed by atoms with Crippen molar-refractivity contribution in [2.75, 3.05) is 39.6 Å². The molecule has 0 aliphatic carbocycles. The minimum Gasteiger partial charge on any atom is -0.462 e. The molecule has 510 valence electrons. The van der Waals surface area contributed by atoms with E-state index in [2.05, 4.69) is 34.6 Å². The number of ether oxygens (including phenoxy) is 4. The molecule has 0 saturated heterocycles. The normalized spacial score (nSPS) is 14.5. The van der Waals surface area contributed by atoms with Crippen molar-refractivity contribution in [3.63, 3.8) is 0 Å². The third-order valence-corrected chi connectivity index (χ3v) is 17.8. The molecule has 0 heterocycles. The molecule has 0 amide bonds. The number of phosphoric acid groups is 2. The Bertz CT molecular complexity index is 1670. The Hall–Kier alpha value is -1.94. The maximum atomic E-state index is 13.0. The van der Waals surface area contributed by atoms with Crippen LogP contribution in [-0.2, 0) is 65.4 Å². The van der Waals surface area contributed by atoms with Gasteiger partial charge in [-0.25, -0.2) is 9.13 Å². The summed E-state index contributed by atoms with van der Waals surface area (Å²) in [5, 5.41) is 10.5. The maximum absolute atomic E-state index is 13.0. The molecule has 0 bridgehead atoms. The zero-order chi connectivity index (χ0) is 63.5. The van der Waals surface area contributed by atoms with Gasteiger partial charge in [0.1, 0.15) is 19.3 Å². The van der Waals surface area contributed by atoms with Gasteiger partial charge in [-0.3, -0.25) is 37.3 Å². The van der Waals surface area contributed by atoms with E-state index < -0.39 is 97.5 Å². The average molecular weight is 1270 g/mol. The highest BCUT2D eigenvalue weighted by Crippen LogP contribution is 2.45. The third-order valence-electron chi connectivity index (χ3n) is 15.9. The van der Waals surface area contributed by atoms with E-state index in [1.807, 2.05) is 0 Å². The molecule has 3 N–H and O–H groups in total. The molecule has 0 aliphatic heterocycles. The Morgan fingerprint density at radius 3 is 0.826 bits per heavy atom. The molecule has 86 heavy (non-hydrogen) atoms. The molecular weight excluding hydrogens is 1140 g/mol. The second-order valence-electron chi connectivity index (χ2n) is 24.5. The first-order valence-corrected chi connectivity index (χ1v) is 38.2. The largest absolute Gasteiger partial charge is 0.472 e. The molecule has 0 aromatic heterocycles. The van der Waals surface area contributed by atoms with Crippen LogP contribution in [0.15, 0.2) is 0 Å². The fourth-order valence-electron chi connectivity index (χ4n) is 10.1. The zero-order valence-electron chi connectivity index (χ0n) is 55.4. The number of carbonyl (C=O) groups excluding carboxylic acids is 4. The quantitative estimate of drug-likeness (QED) is 0.0222. The first kappa shape index (κ1) is 84.1. The van der Waals surface area contributed by atoms with Crippen LogP contribution in [0.3, 0.4) is 0 Å². The highest BCUT2D eigenvalue weighted by molar-refractivity contribution is 7.47. The topological polar surface area (TPSA) is 237 Å². The first-order valence-electron chi connectivity index (χ1n) is 35.2. The van der Waals surface area contributed by atoms with Gasteiger partial charge in [0.2, 0.25) is 0 Å². The van der Waals surface area contributed by atoms with Crippen molar-refractivity contribution in [3.8, 4) is 0 Å². The first-order chi connectivity index (χ1) is 41.6. The van der Waals surface area contributed by atoms with E-state index in [4.69, 9.17) is 37.0 Å². The van der Waals surface area contributed by atoms with Crippen LogP contribution in [0.5, 0.6) is 0 Å². The summed E-state index contributed by atoms with van der Waals surface area (Å²) < 4.78 is 68.0. The van der Waals surface area contributed by atoms with Crippen LogP contribution >= 0.6 is 15.6 Å². The Balaban J connectivity index is 5.18. The van der Waals surface area contributed by atoms with Crippen LogP contribution in [-0.4, -0.2) is 96.7 Å². The fraction of sp³-hybridized carbons (Fsp3) is 0.940. The monoisotopic (exact) mass is 1270 g/mol. The predicted octanol–water partition coefficient (Wildman–Crippen LogP) is 19.0. The van der Waals surface area contributed by atoms with Crippen LogP contribution < -0.4 is 0 Å². The summed E-state index contributed by atoms with van der Waals surface area (Å²) in [5.41, 5.74) is 0. The molecule has 0 radical (unpaired) electrons. The van der Waals surface area contributed by atoms with Gasteiger partial charge in [0.05, 0.1) is 26.4 Å². The van der Waals surface area contributed by atoms with Gasteiger partial charge in [0.25, 0.3) is 0 Å². The summed E-state index contributed by atoms with van der Waals surface area (Å²) in [6.45, 7) is 7.23. The van der Waals surface area contributed by atoms with E-state index in [-0.39, 0.29) is 25.7 Å². The number of aliphatic hydroxyl groups is 1. The lowest BCUT2D eigenvalue weighted by Gasteiger charge is -2.21. The van der Waals surface area contributed by atoms with Crippen LogP contribution in [0.25, 0.3) is 0 Å².